The van der Waals surface area contributed by atoms with Crippen LogP contribution >= 0.6 is 0 Å². The van der Waals surface area contributed by atoms with Gasteiger partial charge in [0.05, 0.1) is 12.0 Å². The molecule has 136 valence electrons. The monoisotopic (exact) mass is 338 g/mol. The van der Waals surface area contributed by atoms with E-state index in [-0.39, 0.29) is 24.1 Å². The highest BCUT2D eigenvalue weighted by Gasteiger charge is 2.55. The van der Waals surface area contributed by atoms with Crippen LogP contribution in [0.3, 0.4) is 0 Å². The lowest BCUT2D eigenvalue weighted by atomic mass is 9.80. The predicted molar refractivity (Wildman–Crippen MR) is 88.3 cm³/mol. The van der Waals surface area contributed by atoms with Crippen molar-refractivity contribution in [1.29, 1.82) is 0 Å². The third-order valence-electron chi connectivity index (χ3n) is 6.54. The SMILES string of the molecule is CCC(C)(COC)C(=O)OC1CCCC2(CC3CCC2C3)OC1=O. The maximum atomic E-state index is 12.6. The van der Waals surface area contributed by atoms with E-state index in [0.717, 1.165) is 19.3 Å². The first-order valence-corrected chi connectivity index (χ1v) is 9.35. The fourth-order valence-corrected chi connectivity index (χ4v) is 4.85. The minimum Gasteiger partial charge on any atom is -0.456 e. The van der Waals surface area contributed by atoms with E-state index < -0.39 is 11.5 Å². The van der Waals surface area contributed by atoms with Crippen LogP contribution in [0.2, 0.25) is 0 Å². The predicted octanol–water partition coefficient (Wildman–Crippen LogP) is 3.25. The molecule has 24 heavy (non-hydrogen) atoms. The Kier molecular flexibility index (Phi) is 4.92. The molecule has 2 aliphatic carbocycles. The van der Waals surface area contributed by atoms with Crippen molar-refractivity contribution in [3.63, 3.8) is 0 Å². The van der Waals surface area contributed by atoms with Gasteiger partial charge >= 0.3 is 11.9 Å². The summed E-state index contributed by atoms with van der Waals surface area (Å²) in [6.07, 6.45) is 6.83. The van der Waals surface area contributed by atoms with Gasteiger partial charge in [-0.25, -0.2) is 4.79 Å². The number of methoxy groups -OCH3 is 1. The van der Waals surface area contributed by atoms with Gasteiger partial charge in [0.1, 0.15) is 5.60 Å². The number of hydrogen-bond acceptors (Lipinski definition) is 5. The Morgan fingerprint density at radius 2 is 2.17 bits per heavy atom. The fraction of sp³-hybridized carbons (Fsp3) is 0.895. The largest absolute Gasteiger partial charge is 0.456 e. The molecular weight excluding hydrogens is 308 g/mol. The summed E-state index contributed by atoms with van der Waals surface area (Å²) in [5, 5.41) is 0. The minimum atomic E-state index is -0.765. The van der Waals surface area contributed by atoms with Gasteiger partial charge < -0.3 is 14.2 Å². The number of rotatable bonds is 5. The maximum Gasteiger partial charge on any atom is 0.348 e. The summed E-state index contributed by atoms with van der Waals surface area (Å²) in [7, 11) is 1.57. The van der Waals surface area contributed by atoms with E-state index in [0.29, 0.717) is 24.7 Å². The van der Waals surface area contributed by atoms with Crippen LogP contribution < -0.4 is 0 Å². The molecule has 0 radical (unpaired) electrons. The molecule has 3 fully saturated rings. The van der Waals surface area contributed by atoms with Gasteiger partial charge in [-0.15, -0.1) is 0 Å². The zero-order valence-electron chi connectivity index (χ0n) is 15.1. The molecule has 2 bridgehead atoms. The Bertz CT molecular complexity index is 504. The number of hydrogen-bond donors (Lipinski definition) is 0. The molecule has 5 atom stereocenters. The third kappa shape index (κ3) is 3.07. The van der Waals surface area contributed by atoms with Crippen LogP contribution in [0.15, 0.2) is 0 Å². The normalized spacial score (nSPS) is 37.8. The number of esters is 2. The first-order chi connectivity index (χ1) is 11.4. The number of fused-ring (bicyclic) bond motifs is 3. The maximum absolute atomic E-state index is 12.6. The molecule has 3 aliphatic rings. The molecule has 5 unspecified atom stereocenters. The molecule has 0 aromatic rings. The molecule has 0 aromatic carbocycles. The van der Waals surface area contributed by atoms with E-state index in [2.05, 4.69) is 0 Å². The second-order valence-electron chi connectivity index (χ2n) is 8.20. The van der Waals surface area contributed by atoms with Gasteiger partial charge in [-0.05, 0) is 70.1 Å². The van der Waals surface area contributed by atoms with Crippen molar-refractivity contribution >= 4 is 11.9 Å². The summed E-state index contributed by atoms with van der Waals surface area (Å²) in [4.78, 5) is 25.2. The smallest absolute Gasteiger partial charge is 0.348 e. The lowest BCUT2D eigenvalue weighted by molar-refractivity contribution is -0.185. The Balaban J connectivity index is 1.65. The Morgan fingerprint density at radius 3 is 2.75 bits per heavy atom. The van der Waals surface area contributed by atoms with Gasteiger partial charge in [-0.1, -0.05) is 6.92 Å². The third-order valence-corrected chi connectivity index (χ3v) is 6.54. The van der Waals surface area contributed by atoms with Gasteiger partial charge in [0.15, 0.2) is 6.10 Å². The molecule has 5 nitrogen and oxygen atoms in total. The van der Waals surface area contributed by atoms with Crippen LogP contribution in [0, 0.1) is 17.3 Å². The van der Waals surface area contributed by atoms with Crippen molar-refractivity contribution in [2.45, 2.75) is 76.9 Å². The van der Waals surface area contributed by atoms with Crippen molar-refractivity contribution < 1.29 is 23.8 Å². The number of carbonyl (C=O) groups excluding carboxylic acids is 2. The summed E-state index contributed by atoms with van der Waals surface area (Å²) in [6, 6.07) is 0. The second kappa shape index (κ2) is 6.66. The van der Waals surface area contributed by atoms with Crippen LogP contribution in [0.25, 0.3) is 0 Å². The quantitative estimate of drug-likeness (QED) is 0.720. The van der Waals surface area contributed by atoms with Crippen molar-refractivity contribution in [3.05, 3.63) is 0 Å². The highest BCUT2D eigenvalue weighted by molar-refractivity contribution is 5.82. The second-order valence-corrected chi connectivity index (χ2v) is 8.20. The summed E-state index contributed by atoms with van der Waals surface area (Å²) in [6.45, 7) is 4.03. The van der Waals surface area contributed by atoms with Crippen molar-refractivity contribution in [2.75, 3.05) is 13.7 Å². The Hall–Kier alpha value is -1.10. The molecule has 0 amide bonds. The highest BCUT2D eigenvalue weighted by Crippen LogP contribution is 2.55. The Labute approximate surface area is 144 Å². The van der Waals surface area contributed by atoms with Crippen molar-refractivity contribution in [3.8, 4) is 0 Å². The Morgan fingerprint density at radius 1 is 1.38 bits per heavy atom. The van der Waals surface area contributed by atoms with E-state index in [1.54, 1.807) is 7.11 Å². The van der Waals surface area contributed by atoms with E-state index >= 15 is 0 Å². The summed E-state index contributed by atoms with van der Waals surface area (Å²) >= 11 is 0. The van der Waals surface area contributed by atoms with Crippen LogP contribution in [0.4, 0.5) is 0 Å². The summed E-state index contributed by atoms with van der Waals surface area (Å²) in [5.41, 5.74) is -0.993. The van der Waals surface area contributed by atoms with Gasteiger partial charge in [-0.3, -0.25) is 4.79 Å². The lowest BCUT2D eigenvalue weighted by Gasteiger charge is -2.36. The topological polar surface area (TPSA) is 61.8 Å². The zero-order chi connectivity index (χ0) is 17.4. The number of ether oxygens (including phenoxy) is 3. The molecule has 1 saturated heterocycles. The summed E-state index contributed by atoms with van der Waals surface area (Å²) in [5.74, 6) is 0.518. The van der Waals surface area contributed by atoms with Gasteiger partial charge in [0.25, 0.3) is 0 Å². The van der Waals surface area contributed by atoms with Crippen LogP contribution in [-0.2, 0) is 23.8 Å². The fourth-order valence-electron chi connectivity index (χ4n) is 4.85. The molecule has 1 heterocycles. The minimum absolute atomic E-state index is 0.276. The standard InChI is InChI=1S/C19H30O5/c1-4-18(2,12-22-3)17(21)23-15-6-5-9-19(24-16(15)20)11-13-7-8-14(19)10-13/h13-15H,4-12H2,1-3H3. The number of carbonyl (C=O) groups is 2. The van der Waals surface area contributed by atoms with Crippen LogP contribution in [0.1, 0.15) is 65.2 Å². The van der Waals surface area contributed by atoms with Gasteiger partial charge in [0.2, 0.25) is 0 Å². The van der Waals surface area contributed by atoms with E-state index in [9.17, 15) is 9.59 Å². The van der Waals surface area contributed by atoms with E-state index in [1.807, 2.05) is 13.8 Å². The molecule has 0 aromatic heterocycles. The molecule has 3 rings (SSSR count). The average Bonchev–Trinajstić information content (AvgIpc) is 3.10. The molecule has 1 aliphatic heterocycles. The lowest BCUT2D eigenvalue weighted by Crippen LogP contribution is -2.43. The molecular formula is C19H30O5. The zero-order valence-corrected chi connectivity index (χ0v) is 15.1. The molecule has 0 N–H and O–H groups in total. The first kappa shape index (κ1) is 17.7. The summed E-state index contributed by atoms with van der Waals surface area (Å²) < 4.78 is 16.7. The van der Waals surface area contributed by atoms with Crippen LogP contribution in [-0.4, -0.2) is 37.4 Å². The highest BCUT2D eigenvalue weighted by atomic mass is 16.6. The molecule has 1 spiro atoms. The van der Waals surface area contributed by atoms with Crippen molar-refractivity contribution in [2.24, 2.45) is 17.3 Å². The first-order valence-electron chi connectivity index (χ1n) is 9.35. The average molecular weight is 338 g/mol. The van der Waals surface area contributed by atoms with E-state index in [1.165, 1.54) is 19.3 Å². The van der Waals surface area contributed by atoms with Crippen LogP contribution in [0.5, 0.6) is 0 Å². The molecule has 5 heteroatoms. The van der Waals surface area contributed by atoms with Gasteiger partial charge in [0, 0.05) is 7.11 Å². The van der Waals surface area contributed by atoms with Crippen molar-refractivity contribution in [1.82, 2.24) is 0 Å². The van der Waals surface area contributed by atoms with E-state index in [4.69, 9.17) is 14.2 Å². The van der Waals surface area contributed by atoms with Gasteiger partial charge in [-0.2, -0.15) is 0 Å². The molecule has 2 saturated carbocycles.